The Kier molecular flexibility index (Phi) is 6.23. The van der Waals surface area contributed by atoms with Crippen LogP contribution in [0.3, 0.4) is 0 Å². The van der Waals surface area contributed by atoms with Gasteiger partial charge in [0, 0.05) is 23.7 Å². The molecule has 0 spiro atoms. The molecular weight excluding hydrogens is 361 g/mol. The fourth-order valence-electron chi connectivity index (χ4n) is 1.54. The summed E-state index contributed by atoms with van der Waals surface area (Å²) < 4.78 is 5.62. The van der Waals surface area contributed by atoms with E-state index in [1.807, 2.05) is 19.1 Å². The van der Waals surface area contributed by atoms with Crippen LogP contribution in [0, 0.1) is 10.5 Å². The van der Waals surface area contributed by atoms with Crippen molar-refractivity contribution in [2.24, 2.45) is 0 Å². The Bertz CT molecular complexity index is 476. The average Bonchev–Trinajstić information content (AvgIpc) is 2.36. The van der Waals surface area contributed by atoms with Gasteiger partial charge in [0.25, 0.3) is 5.91 Å². The lowest BCUT2D eigenvalue weighted by Crippen LogP contribution is -2.41. The van der Waals surface area contributed by atoms with E-state index in [2.05, 4.69) is 27.9 Å². The number of rotatable bonds is 6. The van der Waals surface area contributed by atoms with Crippen molar-refractivity contribution in [2.45, 2.75) is 19.4 Å². The van der Waals surface area contributed by atoms with Gasteiger partial charge in [0.15, 0.2) is 0 Å². The summed E-state index contributed by atoms with van der Waals surface area (Å²) in [5, 5.41) is 11.6. The minimum absolute atomic E-state index is 0.236. The van der Waals surface area contributed by atoms with Crippen LogP contribution in [0.4, 0.5) is 0 Å². The number of amides is 1. The van der Waals surface area contributed by atoms with Crippen molar-refractivity contribution in [1.82, 2.24) is 5.32 Å². The number of nitrogens with one attached hydrogen (secondary N) is 1. The van der Waals surface area contributed by atoms with Crippen LogP contribution >= 0.6 is 22.6 Å². The van der Waals surface area contributed by atoms with Crippen LogP contribution in [0.1, 0.15) is 22.3 Å². The van der Waals surface area contributed by atoms with Crippen LogP contribution in [0.25, 0.3) is 0 Å². The summed E-state index contributed by atoms with van der Waals surface area (Å²) in [5.74, 6) is -1.44. The maximum Gasteiger partial charge on any atom is 0.326 e. The SMILES string of the molecule is COCCC(NC(=O)c1cc(C)ccc1I)C(=O)O. The topological polar surface area (TPSA) is 75.6 Å². The Labute approximate surface area is 125 Å². The average molecular weight is 377 g/mol. The van der Waals surface area contributed by atoms with Gasteiger partial charge in [-0.25, -0.2) is 4.79 Å². The van der Waals surface area contributed by atoms with Crippen molar-refractivity contribution in [3.8, 4) is 0 Å². The first-order valence-corrected chi connectivity index (χ1v) is 6.82. The standard InChI is InChI=1S/C13H16INO4/c1-8-3-4-10(14)9(7-8)12(16)15-11(13(17)18)5-6-19-2/h3-4,7,11H,5-6H2,1-2H3,(H,15,16)(H,17,18). The molecule has 0 heterocycles. The van der Waals surface area contributed by atoms with Crippen molar-refractivity contribution in [2.75, 3.05) is 13.7 Å². The summed E-state index contributed by atoms with van der Waals surface area (Å²) in [4.78, 5) is 23.1. The molecule has 0 fully saturated rings. The smallest absolute Gasteiger partial charge is 0.326 e. The first-order chi connectivity index (χ1) is 8.95. The van der Waals surface area contributed by atoms with Crippen LogP contribution in [0.5, 0.6) is 0 Å². The molecule has 5 nitrogen and oxygen atoms in total. The highest BCUT2D eigenvalue weighted by Crippen LogP contribution is 2.14. The zero-order chi connectivity index (χ0) is 14.4. The van der Waals surface area contributed by atoms with E-state index in [-0.39, 0.29) is 18.9 Å². The van der Waals surface area contributed by atoms with Gasteiger partial charge in [-0.05, 0) is 41.6 Å². The van der Waals surface area contributed by atoms with E-state index in [1.165, 1.54) is 7.11 Å². The zero-order valence-electron chi connectivity index (χ0n) is 10.8. The predicted molar refractivity (Wildman–Crippen MR) is 79.3 cm³/mol. The molecule has 0 saturated heterocycles. The Hall–Kier alpha value is -1.15. The fourth-order valence-corrected chi connectivity index (χ4v) is 2.12. The van der Waals surface area contributed by atoms with Crippen molar-refractivity contribution >= 4 is 34.5 Å². The van der Waals surface area contributed by atoms with Gasteiger partial charge in [-0.3, -0.25) is 4.79 Å². The number of carboxylic acids is 1. The summed E-state index contributed by atoms with van der Waals surface area (Å²) in [6.45, 7) is 2.16. The Morgan fingerprint density at radius 3 is 2.74 bits per heavy atom. The first kappa shape index (κ1) is 15.9. The van der Waals surface area contributed by atoms with Gasteiger partial charge in [0.05, 0.1) is 5.56 Å². The number of halogens is 1. The van der Waals surface area contributed by atoms with Gasteiger partial charge in [-0.2, -0.15) is 0 Å². The minimum atomic E-state index is -1.06. The van der Waals surface area contributed by atoms with E-state index in [1.54, 1.807) is 6.07 Å². The van der Waals surface area contributed by atoms with Crippen LogP contribution < -0.4 is 5.32 Å². The molecule has 1 atom stereocenters. The number of ether oxygens (including phenoxy) is 1. The maximum absolute atomic E-state index is 12.1. The lowest BCUT2D eigenvalue weighted by molar-refractivity contribution is -0.139. The lowest BCUT2D eigenvalue weighted by atomic mass is 10.1. The fraction of sp³-hybridized carbons (Fsp3) is 0.385. The summed E-state index contributed by atoms with van der Waals surface area (Å²) in [6.07, 6.45) is 0.236. The van der Waals surface area contributed by atoms with Gasteiger partial charge in [0.1, 0.15) is 6.04 Å². The Balaban J connectivity index is 2.81. The molecule has 0 aliphatic heterocycles. The highest BCUT2D eigenvalue weighted by molar-refractivity contribution is 14.1. The summed E-state index contributed by atoms with van der Waals surface area (Å²) in [5.41, 5.74) is 1.44. The van der Waals surface area contributed by atoms with Gasteiger partial charge < -0.3 is 15.2 Å². The van der Waals surface area contributed by atoms with Crippen LogP contribution in [-0.4, -0.2) is 36.7 Å². The molecule has 0 radical (unpaired) electrons. The third-order valence-corrected chi connectivity index (χ3v) is 3.52. The molecule has 0 aliphatic rings. The maximum atomic E-state index is 12.1. The first-order valence-electron chi connectivity index (χ1n) is 5.74. The zero-order valence-corrected chi connectivity index (χ0v) is 12.9. The molecule has 104 valence electrons. The van der Waals surface area contributed by atoms with Crippen LogP contribution in [0.15, 0.2) is 18.2 Å². The number of hydrogen-bond acceptors (Lipinski definition) is 3. The van der Waals surface area contributed by atoms with E-state index in [0.29, 0.717) is 5.56 Å². The van der Waals surface area contributed by atoms with E-state index in [0.717, 1.165) is 9.13 Å². The van der Waals surface area contributed by atoms with Crippen molar-refractivity contribution in [3.05, 3.63) is 32.9 Å². The minimum Gasteiger partial charge on any atom is -0.480 e. The molecule has 1 aromatic carbocycles. The molecule has 1 amide bonds. The highest BCUT2D eigenvalue weighted by Gasteiger charge is 2.21. The van der Waals surface area contributed by atoms with Gasteiger partial charge in [0.2, 0.25) is 0 Å². The molecule has 2 N–H and O–H groups in total. The quantitative estimate of drug-likeness (QED) is 0.742. The summed E-state index contributed by atoms with van der Waals surface area (Å²) >= 11 is 2.05. The normalized spacial score (nSPS) is 11.9. The number of carbonyl (C=O) groups excluding carboxylic acids is 1. The largest absolute Gasteiger partial charge is 0.480 e. The Morgan fingerprint density at radius 2 is 2.16 bits per heavy atom. The second-order valence-electron chi connectivity index (χ2n) is 4.13. The molecule has 1 rings (SSSR count). The van der Waals surface area contributed by atoms with Crippen LogP contribution in [-0.2, 0) is 9.53 Å². The third-order valence-electron chi connectivity index (χ3n) is 2.58. The molecule has 1 unspecified atom stereocenters. The molecule has 1 aromatic rings. The van der Waals surface area contributed by atoms with E-state index < -0.39 is 12.0 Å². The number of hydrogen-bond donors (Lipinski definition) is 2. The monoisotopic (exact) mass is 377 g/mol. The molecule has 19 heavy (non-hydrogen) atoms. The van der Waals surface area contributed by atoms with Crippen LogP contribution in [0.2, 0.25) is 0 Å². The van der Waals surface area contributed by atoms with Crippen molar-refractivity contribution in [3.63, 3.8) is 0 Å². The highest BCUT2D eigenvalue weighted by atomic mass is 127. The molecular formula is C13H16INO4. The van der Waals surface area contributed by atoms with Crippen molar-refractivity contribution < 1.29 is 19.4 Å². The number of aryl methyl sites for hydroxylation is 1. The second-order valence-corrected chi connectivity index (χ2v) is 5.29. The Morgan fingerprint density at radius 1 is 1.47 bits per heavy atom. The van der Waals surface area contributed by atoms with Gasteiger partial charge >= 0.3 is 5.97 Å². The summed E-state index contributed by atoms with van der Waals surface area (Å²) in [6, 6.07) is 4.53. The molecule has 0 aromatic heterocycles. The van der Waals surface area contributed by atoms with Gasteiger partial charge in [-0.1, -0.05) is 11.6 Å². The number of methoxy groups -OCH3 is 1. The number of benzene rings is 1. The van der Waals surface area contributed by atoms with E-state index >= 15 is 0 Å². The van der Waals surface area contributed by atoms with Gasteiger partial charge in [-0.15, -0.1) is 0 Å². The molecule has 6 heteroatoms. The predicted octanol–water partition coefficient (Wildman–Crippen LogP) is 1.82. The molecule has 0 saturated carbocycles. The van der Waals surface area contributed by atoms with Crippen molar-refractivity contribution in [1.29, 1.82) is 0 Å². The van der Waals surface area contributed by atoms with E-state index in [9.17, 15) is 9.59 Å². The summed E-state index contributed by atoms with van der Waals surface area (Å²) in [7, 11) is 1.49. The second kappa shape index (κ2) is 7.44. The number of carboxylic acid groups (broad SMARTS) is 1. The molecule has 0 bridgehead atoms. The van der Waals surface area contributed by atoms with E-state index in [4.69, 9.17) is 9.84 Å². The third kappa shape index (κ3) is 4.79. The number of aliphatic carboxylic acids is 1. The molecule has 0 aliphatic carbocycles. The number of carbonyl (C=O) groups is 2. The lowest BCUT2D eigenvalue weighted by Gasteiger charge is -2.15.